The zero-order valence-electron chi connectivity index (χ0n) is 9.96. The molecule has 2 aromatic carbocycles. The third-order valence-corrected chi connectivity index (χ3v) is 2.66. The Kier molecular flexibility index (Phi) is 4.17. The summed E-state index contributed by atoms with van der Waals surface area (Å²) < 4.78 is 70.0. The Morgan fingerprint density at radius 1 is 0.857 bits per heavy atom. The number of benzene rings is 2. The first-order valence-corrected chi connectivity index (χ1v) is 5.79. The van der Waals surface area contributed by atoms with Crippen LogP contribution in [-0.4, -0.2) is 5.97 Å². The number of halogens is 5. The molecule has 0 amide bonds. The molecule has 0 saturated heterocycles. The number of hydrogen-bond donors (Lipinski definition) is 1. The zero-order chi connectivity index (χ0) is 15.7. The minimum absolute atomic E-state index is 0.0691. The van der Waals surface area contributed by atoms with Gasteiger partial charge in [0.2, 0.25) is 0 Å². The molecule has 0 spiro atoms. The van der Waals surface area contributed by atoms with Crippen LogP contribution in [0.25, 0.3) is 0 Å². The molecule has 0 aliphatic carbocycles. The number of carbonyl (C=O) groups excluding carboxylic acids is 1. The lowest BCUT2D eigenvalue weighted by Gasteiger charge is -2.07. The monoisotopic (exact) mass is 320 g/mol. The maximum atomic E-state index is 13.5. The van der Waals surface area contributed by atoms with E-state index in [1.807, 2.05) is 0 Å². The molecule has 0 aliphatic rings. The van der Waals surface area contributed by atoms with Crippen LogP contribution in [0.1, 0.15) is 10.4 Å². The third kappa shape index (κ3) is 3.15. The van der Waals surface area contributed by atoms with Crippen LogP contribution < -0.4 is 4.74 Å². The van der Waals surface area contributed by atoms with E-state index in [2.05, 4.69) is 17.4 Å². The van der Waals surface area contributed by atoms with Gasteiger partial charge in [0, 0.05) is 17.0 Å². The molecule has 8 heteroatoms. The Bertz CT molecular complexity index is 686. The lowest BCUT2D eigenvalue weighted by Crippen LogP contribution is -2.13. The van der Waals surface area contributed by atoms with Gasteiger partial charge >= 0.3 is 5.97 Å². The molecule has 2 aromatic rings. The lowest BCUT2D eigenvalue weighted by molar-refractivity contribution is 0.0723. The maximum Gasteiger partial charge on any atom is 0.349 e. The number of rotatable bonds is 2. The fraction of sp³-hybridized carbons (Fsp3) is 0. The van der Waals surface area contributed by atoms with Gasteiger partial charge in [-0.2, -0.15) is 0 Å². The molecular formula is C13H5F5O2S. The van der Waals surface area contributed by atoms with E-state index < -0.39 is 46.4 Å². The molecule has 2 rings (SSSR count). The normalized spacial score (nSPS) is 10.6. The van der Waals surface area contributed by atoms with Crippen molar-refractivity contribution in [3.05, 3.63) is 58.9 Å². The van der Waals surface area contributed by atoms with Gasteiger partial charge in [-0.3, -0.25) is 0 Å². The number of hydrogen-bond acceptors (Lipinski definition) is 3. The highest BCUT2D eigenvalue weighted by molar-refractivity contribution is 7.80. The van der Waals surface area contributed by atoms with Crippen LogP contribution >= 0.6 is 12.6 Å². The molecule has 0 aliphatic heterocycles. The van der Waals surface area contributed by atoms with Crippen LogP contribution in [0.3, 0.4) is 0 Å². The second-order valence-electron chi connectivity index (χ2n) is 3.87. The van der Waals surface area contributed by atoms with Gasteiger partial charge in [0.1, 0.15) is 22.9 Å². The highest BCUT2D eigenvalue weighted by Crippen LogP contribution is 2.23. The fourth-order valence-corrected chi connectivity index (χ4v) is 1.73. The number of carbonyl (C=O) groups is 1. The Hall–Kier alpha value is -2.09. The minimum Gasteiger partial charge on any atom is -0.423 e. The predicted molar refractivity (Wildman–Crippen MR) is 64.9 cm³/mol. The van der Waals surface area contributed by atoms with Gasteiger partial charge in [-0.1, -0.05) is 0 Å². The van der Waals surface area contributed by atoms with Crippen molar-refractivity contribution in [2.45, 2.75) is 4.90 Å². The molecule has 0 radical (unpaired) electrons. The summed E-state index contributed by atoms with van der Waals surface area (Å²) in [6, 6.07) is 2.27. The predicted octanol–water partition coefficient (Wildman–Crippen LogP) is 3.89. The van der Waals surface area contributed by atoms with Crippen molar-refractivity contribution in [1.82, 2.24) is 0 Å². The van der Waals surface area contributed by atoms with Crippen molar-refractivity contribution in [2.24, 2.45) is 0 Å². The summed E-state index contributed by atoms with van der Waals surface area (Å²) in [5.41, 5.74) is -1.06. The zero-order valence-corrected chi connectivity index (χ0v) is 10.9. The first-order valence-electron chi connectivity index (χ1n) is 5.34. The van der Waals surface area contributed by atoms with Crippen molar-refractivity contribution in [2.75, 3.05) is 0 Å². The van der Waals surface area contributed by atoms with Gasteiger partial charge in [-0.25, -0.2) is 26.7 Å². The van der Waals surface area contributed by atoms with E-state index in [-0.39, 0.29) is 4.90 Å². The molecule has 0 saturated carbocycles. The molecule has 110 valence electrons. The Morgan fingerprint density at radius 2 is 1.33 bits per heavy atom. The molecular weight excluding hydrogens is 315 g/mol. The van der Waals surface area contributed by atoms with Gasteiger partial charge in [0.15, 0.2) is 17.5 Å². The topological polar surface area (TPSA) is 26.3 Å². The molecule has 0 aromatic heterocycles. The van der Waals surface area contributed by atoms with Gasteiger partial charge < -0.3 is 4.74 Å². The van der Waals surface area contributed by atoms with Crippen LogP contribution in [0.2, 0.25) is 0 Å². The van der Waals surface area contributed by atoms with Gasteiger partial charge in [-0.05, 0) is 12.1 Å². The second kappa shape index (κ2) is 5.72. The molecule has 0 atom stereocenters. The number of esters is 1. The summed E-state index contributed by atoms with van der Waals surface area (Å²) in [6.45, 7) is 0. The number of thiol groups is 1. The average Bonchev–Trinajstić information content (AvgIpc) is 2.34. The van der Waals surface area contributed by atoms with Gasteiger partial charge in [0.25, 0.3) is 0 Å². The highest BCUT2D eigenvalue weighted by Gasteiger charge is 2.21. The molecule has 0 heterocycles. The molecule has 2 nitrogen and oxygen atoms in total. The third-order valence-electron chi connectivity index (χ3n) is 2.40. The first kappa shape index (κ1) is 15.3. The Balaban J connectivity index is 2.35. The van der Waals surface area contributed by atoms with Crippen LogP contribution in [0, 0.1) is 29.1 Å². The quantitative estimate of drug-likeness (QED) is 0.299. The van der Waals surface area contributed by atoms with E-state index in [4.69, 9.17) is 0 Å². The van der Waals surface area contributed by atoms with Crippen molar-refractivity contribution in [3.63, 3.8) is 0 Å². The summed E-state index contributed by atoms with van der Waals surface area (Å²) >= 11 is 3.70. The standard InChI is InChI=1S/C13H5F5O2S/c14-7-3-6(21)4-8(15)11(7)13(19)20-5-1-9(16)12(18)10(17)2-5/h1-4,21H. The van der Waals surface area contributed by atoms with E-state index in [1.165, 1.54) is 0 Å². The SMILES string of the molecule is O=C(Oc1cc(F)c(F)c(F)c1)c1c(F)cc(S)cc1F. The lowest BCUT2D eigenvalue weighted by atomic mass is 10.2. The highest BCUT2D eigenvalue weighted by atomic mass is 32.1. The van der Waals surface area contributed by atoms with Crippen molar-refractivity contribution in [3.8, 4) is 5.75 Å². The van der Waals surface area contributed by atoms with Gasteiger partial charge in [-0.15, -0.1) is 12.6 Å². The average molecular weight is 320 g/mol. The molecule has 21 heavy (non-hydrogen) atoms. The maximum absolute atomic E-state index is 13.5. The summed E-state index contributed by atoms with van der Waals surface area (Å²) in [6.07, 6.45) is 0. The smallest absolute Gasteiger partial charge is 0.349 e. The molecule has 0 bridgehead atoms. The number of ether oxygens (including phenoxy) is 1. The van der Waals surface area contributed by atoms with Gasteiger partial charge in [0.05, 0.1) is 0 Å². The Labute approximate surface area is 120 Å². The van der Waals surface area contributed by atoms with Crippen molar-refractivity contribution in [1.29, 1.82) is 0 Å². The summed E-state index contributed by atoms with van der Waals surface area (Å²) in [5, 5.41) is 0. The van der Waals surface area contributed by atoms with Crippen molar-refractivity contribution >= 4 is 18.6 Å². The van der Waals surface area contributed by atoms with E-state index in [0.717, 1.165) is 12.1 Å². The first-order chi connectivity index (χ1) is 9.79. The molecule has 0 N–H and O–H groups in total. The van der Waals surface area contributed by atoms with E-state index in [0.29, 0.717) is 12.1 Å². The van der Waals surface area contributed by atoms with Crippen LogP contribution in [0.4, 0.5) is 22.0 Å². The van der Waals surface area contributed by atoms with Crippen LogP contribution in [-0.2, 0) is 0 Å². The van der Waals surface area contributed by atoms with Crippen LogP contribution in [0.15, 0.2) is 29.2 Å². The summed E-state index contributed by atoms with van der Waals surface area (Å²) in [5.74, 6) is -9.74. The molecule has 0 fully saturated rings. The van der Waals surface area contributed by atoms with E-state index in [9.17, 15) is 26.7 Å². The second-order valence-corrected chi connectivity index (χ2v) is 4.39. The summed E-state index contributed by atoms with van der Waals surface area (Å²) in [7, 11) is 0. The fourth-order valence-electron chi connectivity index (χ4n) is 1.50. The van der Waals surface area contributed by atoms with E-state index in [1.54, 1.807) is 0 Å². The summed E-state index contributed by atoms with van der Waals surface area (Å²) in [4.78, 5) is 11.5. The van der Waals surface area contributed by atoms with Crippen molar-refractivity contribution < 1.29 is 31.5 Å². The van der Waals surface area contributed by atoms with E-state index >= 15 is 0 Å². The minimum atomic E-state index is -1.76. The molecule has 0 unspecified atom stereocenters. The van der Waals surface area contributed by atoms with Crippen LogP contribution in [0.5, 0.6) is 5.75 Å². The largest absolute Gasteiger partial charge is 0.423 e. The Morgan fingerprint density at radius 3 is 1.81 bits per heavy atom.